The minimum Gasteiger partial charge on any atom is -0.497 e. The second-order valence-electron chi connectivity index (χ2n) is 6.39. The molecule has 2 aromatic rings. The van der Waals surface area contributed by atoms with E-state index in [2.05, 4.69) is 0 Å². The molecule has 140 valence electrons. The molecule has 0 spiro atoms. The molecule has 0 saturated carbocycles. The number of esters is 1. The number of hydrogen-bond donors (Lipinski definition) is 0. The zero-order valence-corrected chi connectivity index (χ0v) is 15.3. The minimum absolute atomic E-state index is 0.202. The van der Waals surface area contributed by atoms with Crippen LogP contribution in [0.25, 0.3) is 5.57 Å². The third-order valence-electron chi connectivity index (χ3n) is 4.76. The predicted molar refractivity (Wildman–Crippen MR) is 99.9 cm³/mol. The lowest BCUT2D eigenvalue weighted by atomic mass is 9.73. The Labute approximate surface area is 157 Å². The number of hydrogen-bond acceptors (Lipinski definition) is 4. The number of ether oxygens (including phenoxy) is 2. The van der Waals surface area contributed by atoms with Gasteiger partial charge in [-0.3, -0.25) is 9.59 Å². The SMILES string of the molecule is CCOC(=O)[C@@H]1C(=O)C=C(c2ccc(OC)cc2)C[C@H]1c1ccc(F)cc1. The van der Waals surface area contributed by atoms with Crippen molar-refractivity contribution in [2.24, 2.45) is 5.92 Å². The Kier molecular flexibility index (Phi) is 5.69. The smallest absolute Gasteiger partial charge is 0.317 e. The van der Waals surface area contributed by atoms with E-state index in [0.717, 1.165) is 22.4 Å². The molecule has 27 heavy (non-hydrogen) atoms. The Hall–Kier alpha value is -2.95. The number of ketones is 1. The van der Waals surface area contributed by atoms with Crippen LogP contribution in [0.4, 0.5) is 4.39 Å². The van der Waals surface area contributed by atoms with E-state index in [1.807, 2.05) is 24.3 Å². The first-order valence-electron chi connectivity index (χ1n) is 8.84. The highest BCUT2D eigenvalue weighted by Gasteiger charge is 2.39. The monoisotopic (exact) mass is 368 g/mol. The van der Waals surface area contributed by atoms with Gasteiger partial charge in [-0.1, -0.05) is 24.3 Å². The molecule has 0 aromatic heterocycles. The second-order valence-corrected chi connectivity index (χ2v) is 6.39. The summed E-state index contributed by atoms with van der Waals surface area (Å²) in [5.41, 5.74) is 2.46. The van der Waals surface area contributed by atoms with Crippen LogP contribution in [0.3, 0.4) is 0 Å². The maximum absolute atomic E-state index is 13.3. The number of carbonyl (C=O) groups excluding carboxylic acids is 2. The number of methoxy groups -OCH3 is 1. The molecular weight excluding hydrogens is 347 g/mol. The molecule has 0 unspecified atom stereocenters. The van der Waals surface area contributed by atoms with Crippen LogP contribution in [0.15, 0.2) is 54.6 Å². The molecule has 5 heteroatoms. The Morgan fingerprint density at radius 1 is 1.11 bits per heavy atom. The number of benzene rings is 2. The molecule has 0 fully saturated rings. The van der Waals surface area contributed by atoms with Crippen LogP contribution in [0.2, 0.25) is 0 Å². The molecule has 0 amide bonds. The highest BCUT2D eigenvalue weighted by molar-refractivity contribution is 6.10. The number of carbonyl (C=O) groups is 2. The van der Waals surface area contributed by atoms with Crippen LogP contribution in [-0.2, 0) is 14.3 Å². The average molecular weight is 368 g/mol. The third-order valence-corrected chi connectivity index (χ3v) is 4.76. The maximum atomic E-state index is 13.3. The third kappa shape index (κ3) is 4.08. The Balaban J connectivity index is 1.99. The summed E-state index contributed by atoms with van der Waals surface area (Å²) in [6.07, 6.45) is 2.00. The first-order valence-corrected chi connectivity index (χ1v) is 8.84. The highest BCUT2D eigenvalue weighted by Crippen LogP contribution is 2.40. The van der Waals surface area contributed by atoms with Crippen molar-refractivity contribution in [3.05, 3.63) is 71.6 Å². The van der Waals surface area contributed by atoms with Gasteiger partial charge in [0.15, 0.2) is 5.78 Å². The maximum Gasteiger partial charge on any atom is 0.317 e. The van der Waals surface area contributed by atoms with Gasteiger partial charge in [-0.15, -0.1) is 0 Å². The number of halogens is 1. The Bertz CT molecular complexity index is 853. The normalized spacial score (nSPS) is 19.4. The van der Waals surface area contributed by atoms with Crippen LogP contribution >= 0.6 is 0 Å². The van der Waals surface area contributed by atoms with Crippen LogP contribution in [-0.4, -0.2) is 25.5 Å². The summed E-state index contributed by atoms with van der Waals surface area (Å²) in [6, 6.07) is 13.3. The molecule has 0 saturated heterocycles. The fourth-order valence-corrected chi connectivity index (χ4v) is 3.41. The van der Waals surface area contributed by atoms with Crippen LogP contribution in [0.5, 0.6) is 5.75 Å². The molecule has 1 aliphatic carbocycles. The topological polar surface area (TPSA) is 52.6 Å². The fraction of sp³-hybridized carbons (Fsp3) is 0.273. The van der Waals surface area contributed by atoms with E-state index < -0.39 is 17.8 Å². The van der Waals surface area contributed by atoms with Gasteiger partial charge in [0.2, 0.25) is 0 Å². The molecule has 4 nitrogen and oxygen atoms in total. The summed E-state index contributed by atoms with van der Waals surface area (Å²) in [4.78, 5) is 25.2. The van der Waals surface area contributed by atoms with Gasteiger partial charge in [-0.05, 0) is 60.4 Å². The van der Waals surface area contributed by atoms with E-state index in [1.54, 1.807) is 26.2 Å². The largest absolute Gasteiger partial charge is 0.497 e. The summed E-state index contributed by atoms with van der Waals surface area (Å²) >= 11 is 0. The van der Waals surface area contributed by atoms with Crippen molar-refractivity contribution in [3.8, 4) is 5.75 Å². The Morgan fingerprint density at radius 3 is 2.37 bits per heavy atom. The van der Waals surface area contributed by atoms with Crippen LogP contribution in [0, 0.1) is 11.7 Å². The van der Waals surface area contributed by atoms with Crippen molar-refractivity contribution >= 4 is 17.3 Å². The minimum atomic E-state index is -0.919. The average Bonchev–Trinajstić information content (AvgIpc) is 2.68. The van der Waals surface area contributed by atoms with Crippen molar-refractivity contribution in [2.45, 2.75) is 19.3 Å². The summed E-state index contributed by atoms with van der Waals surface area (Å²) in [7, 11) is 1.59. The van der Waals surface area contributed by atoms with E-state index in [9.17, 15) is 14.0 Å². The molecule has 3 rings (SSSR count). The fourth-order valence-electron chi connectivity index (χ4n) is 3.41. The molecular formula is C22H21FO4. The van der Waals surface area contributed by atoms with Crippen molar-refractivity contribution < 1.29 is 23.5 Å². The molecule has 2 atom stereocenters. The van der Waals surface area contributed by atoms with E-state index in [1.165, 1.54) is 18.2 Å². The molecule has 0 N–H and O–H groups in total. The summed E-state index contributed by atoms with van der Waals surface area (Å²) in [5, 5.41) is 0. The zero-order chi connectivity index (χ0) is 19.4. The van der Waals surface area contributed by atoms with Crippen molar-refractivity contribution in [1.82, 2.24) is 0 Å². The molecule has 0 heterocycles. The van der Waals surface area contributed by atoms with Gasteiger partial charge in [0.25, 0.3) is 0 Å². The lowest BCUT2D eigenvalue weighted by Gasteiger charge is -2.29. The lowest BCUT2D eigenvalue weighted by molar-refractivity contribution is -0.151. The Morgan fingerprint density at radius 2 is 1.78 bits per heavy atom. The van der Waals surface area contributed by atoms with Gasteiger partial charge >= 0.3 is 5.97 Å². The standard InChI is InChI=1S/C22H21FO4/c1-3-27-22(25)21-19(15-4-8-17(23)9-5-15)12-16(13-20(21)24)14-6-10-18(26-2)11-7-14/h4-11,13,19,21H,3,12H2,1-2H3/t19-,21-/m0/s1. The van der Waals surface area contributed by atoms with Crippen LogP contribution in [0.1, 0.15) is 30.4 Å². The molecule has 0 aliphatic heterocycles. The van der Waals surface area contributed by atoms with Gasteiger partial charge in [-0.25, -0.2) is 4.39 Å². The summed E-state index contributed by atoms with van der Waals surface area (Å²) < 4.78 is 23.6. The molecule has 1 aliphatic rings. The van der Waals surface area contributed by atoms with Gasteiger partial charge in [0, 0.05) is 5.92 Å². The van der Waals surface area contributed by atoms with E-state index in [-0.39, 0.29) is 18.2 Å². The van der Waals surface area contributed by atoms with Crippen molar-refractivity contribution in [2.75, 3.05) is 13.7 Å². The van der Waals surface area contributed by atoms with Gasteiger partial charge in [0.05, 0.1) is 13.7 Å². The summed E-state index contributed by atoms with van der Waals surface area (Å²) in [5.74, 6) is -1.79. The molecule has 0 radical (unpaired) electrons. The quantitative estimate of drug-likeness (QED) is 0.588. The zero-order valence-electron chi connectivity index (χ0n) is 15.3. The van der Waals surface area contributed by atoms with Gasteiger partial charge in [-0.2, -0.15) is 0 Å². The molecule has 2 aromatic carbocycles. The first-order chi connectivity index (χ1) is 13.0. The lowest BCUT2D eigenvalue weighted by Crippen LogP contribution is -2.34. The highest BCUT2D eigenvalue weighted by atomic mass is 19.1. The van der Waals surface area contributed by atoms with Crippen LogP contribution < -0.4 is 4.74 Å². The predicted octanol–water partition coefficient (Wildman–Crippen LogP) is 4.15. The van der Waals surface area contributed by atoms with Crippen molar-refractivity contribution in [3.63, 3.8) is 0 Å². The van der Waals surface area contributed by atoms with Gasteiger partial charge in [0.1, 0.15) is 17.5 Å². The molecule has 0 bridgehead atoms. The van der Waals surface area contributed by atoms with E-state index >= 15 is 0 Å². The van der Waals surface area contributed by atoms with E-state index in [4.69, 9.17) is 9.47 Å². The van der Waals surface area contributed by atoms with Crippen molar-refractivity contribution in [1.29, 1.82) is 0 Å². The van der Waals surface area contributed by atoms with E-state index in [0.29, 0.717) is 6.42 Å². The van der Waals surface area contributed by atoms with Gasteiger partial charge < -0.3 is 9.47 Å². The first kappa shape index (κ1) is 18.8. The number of rotatable bonds is 5. The second kappa shape index (κ2) is 8.16. The summed E-state index contributed by atoms with van der Waals surface area (Å²) in [6.45, 7) is 1.91. The number of allylic oxidation sites excluding steroid dienone is 2.